The Morgan fingerprint density at radius 1 is 1.21 bits per heavy atom. The molecule has 2 heterocycles. The van der Waals surface area contributed by atoms with Crippen molar-refractivity contribution in [2.45, 2.75) is 19.9 Å². The predicted octanol–water partition coefficient (Wildman–Crippen LogP) is 3.15. The molecule has 0 aliphatic rings. The first kappa shape index (κ1) is 11.7. The summed E-state index contributed by atoms with van der Waals surface area (Å²) < 4.78 is 7.60. The molecule has 19 heavy (non-hydrogen) atoms. The van der Waals surface area contributed by atoms with E-state index in [1.807, 2.05) is 30.7 Å². The normalized spacial score (nSPS) is 10.8. The number of rotatable bonds is 4. The molecule has 0 spiro atoms. The lowest BCUT2D eigenvalue weighted by atomic mass is 10.1. The quantitative estimate of drug-likeness (QED) is 0.717. The van der Waals surface area contributed by atoms with Crippen LogP contribution in [0.5, 0.6) is 0 Å². The summed E-state index contributed by atoms with van der Waals surface area (Å²) in [5, 5.41) is 0. The van der Waals surface area contributed by atoms with Crippen molar-refractivity contribution in [2.75, 3.05) is 0 Å². The summed E-state index contributed by atoms with van der Waals surface area (Å²) >= 11 is 0. The summed E-state index contributed by atoms with van der Waals surface area (Å²) in [6.45, 7) is 2.94. The zero-order valence-electron chi connectivity index (χ0n) is 10.8. The van der Waals surface area contributed by atoms with Gasteiger partial charge in [-0.05, 0) is 12.5 Å². The Morgan fingerprint density at radius 3 is 2.84 bits per heavy atom. The van der Waals surface area contributed by atoms with Crippen LogP contribution in [-0.2, 0) is 13.0 Å². The van der Waals surface area contributed by atoms with Gasteiger partial charge in [0.1, 0.15) is 5.69 Å². The highest BCUT2D eigenvalue weighted by Gasteiger charge is 2.14. The van der Waals surface area contributed by atoms with Crippen molar-refractivity contribution < 1.29 is 4.42 Å². The molecule has 0 radical (unpaired) electrons. The number of nitrogens with zero attached hydrogens (tertiary/aromatic N) is 3. The number of oxazole rings is 1. The second kappa shape index (κ2) is 5.10. The summed E-state index contributed by atoms with van der Waals surface area (Å²) in [5.74, 6) is 0.809. The first-order valence-electron chi connectivity index (χ1n) is 6.35. The van der Waals surface area contributed by atoms with Crippen molar-refractivity contribution >= 4 is 0 Å². The van der Waals surface area contributed by atoms with Crippen molar-refractivity contribution in [2.24, 2.45) is 0 Å². The Bertz CT molecular complexity index is 655. The van der Waals surface area contributed by atoms with Gasteiger partial charge in [-0.2, -0.15) is 0 Å². The number of hydrogen-bond donors (Lipinski definition) is 0. The minimum atomic E-state index is 0.765. The molecular formula is C15H15N3O. The van der Waals surface area contributed by atoms with E-state index in [-0.39, 0.29) is 0 Å². The lowest BCUT2D eigenvalue weighted by Crippen LogP contribution is -1.97. The average Bonchev–Trinajstić information content (AvgIpc) is 3.07. The molecule has 0 atom stereocenters. The monoisotopic (exact) mass is 253 g/mol. The summed E-state index contributed by atoms with van der Waals surface area (Å²) in [5.41, 5.74) is 3.15. The van der Waals surface area contributed by atoms with Crippen LogP contribution in [0, 0.1) is 0 Å². The lowest BCUT2D eigenvalue weighted by molar-refractivity contribution is 0.563. The predicted molar refractivity (Wildman–Crippen MR) is 72.6 cm³/mol. The van der Waals surface area contributed by atoms with Gasteiger partial charge in [0.2, 0.25) is 0 Å². The zero-order chi connectivity index (χ0) is 13.1. The van der Waals surface area contributed by atoms with Gasteiger partial charge in [0.05, 0.1) is 18.2 Å². The summed E-state index contributed by atoms with van der Waals surface area (Å²) in [4.78, 5) is 8.51. The molecule has 4 nitrogen and oxygen atoms in total. The minimum Gasteiger partial charge on any atom is -0.442 e. The zero-order valence-corrected chi connectivity index (χ0v) is 10.8. The van der Waals surface area contributed by atoms with Crippen molar-refractivity contribution in [3.8, 4) is 11.5 Å². The van der Waals surface area contributed by atoms with Gasteiger partial charge in [-0.15, -0.1) is 0 Å². The van der Waals surface area contributed by atoms with E-state index in [1.54, 1.807) is 0 Å². The minimum absolute atomic E-state index is 0.765. The van der Waals surface area contributed by atoms with E-state index in [0.717, 1.165) is 30.1 Å². The van der Waals surface area contributed by atoms with Crippen LogP contribution in [0.1, 0.15) is 18.2 Å². The molecule has 0 saturated heterocycles. The molecule has 0 aliphatic heterocycles. The van der Waals surface area contributed by atoms with Gasteiger partial charge >= 0.3 is 0 Å². The van der Waals surface area contributed by atoms with Crippen molar-refractivity contribution in [3.63, 3.8) is 0 Å². The van der Waals surface area contributed by atoms with Gasteiger partial charge in [-0.1, -0.05) is 30.3 Å². The van der Waals surface area contributed by atoms with Gasteiger partial charge in [-0.25, -0.2) is 9.97 Å². The highest BCUT2D eigenvalue weighted by molar-refractivity contribution is 5.55. The lowest BCUT2D eigenvalue weighted by Gasteiger charge is -2.04. The molecule has 3 rings (SSSR count). The molecule has 96 valence electrons. The maximum atomic E-state index is 5.55. The van der Waals surface area contributed by atoms with E-state index in [0.29, 0.717) is 0 Å². The summed E-state index contributed by atoms with van der Waals surface area (Å²) in [6.07, 6.45) is 5.89. The Hall–Kier alpha value is -2.36. The molecule has 1 aromatic carbocycles. The van der Waals surface area contributed by atoms with E-state index in [9.17, 15) is 0 Å². The van der Waals surface area contributed by atoms with Crippen molar-refractivity contribution in [1.29, 1.82) is 0 Å². The molecule has 0 fully saturated rings. The van der Waals surface area contributed by atoms with Crippen LogP contribution in [0.2, 0.25) is 0 Å². The maximum Gasteiger partial charge on any atom is 0.181 e. The van der Waals surface area contributed by atoms with Crippen LogP contribution in [0.15, 0.2) is 53.7 Å². The Kier molecular flexibility index (Phi) is 3.14. The van der Waals surface area contributed by atoms with Crippen molar-refractivity contribution in [1.82, 2.24) is 14.5 Å². The fourth-order valence-electron chi connectivity index (χ4n) is 2.15. The van der Waals surface area contributed by atoms with E-state index in [4.69, 9.17) is 4.42 Å². The molecule has 0 aliphatic carbocycles. The second-order valence-corrected chi connectivity index (χ2v) is 4.36. The second-order valence-electron chi connectivity index (χ2n) is 4.36. The van der Waals surface area contributed by atoms with Gasteiger partial charge < -0.3 is 8.98 Å². The van der Waals surface area contributed by atoms with E-state index < -0.39 is 0 Å². The highest BCUT2D eigenvalue weighted by Crippen LogP contribution is 2.24. The standard InChI is InChI=1S/C15H15N3O/c1-2-18-10-16-9-14(18)15-13(17-11-19-15)8-12-6-4-3-5-7-12/h3-7,9-11H,2,8H2,1H3. The number of benzene rings is 1. The molecule has 0 amide bonds. The van der Waals surface area contributed by atoms with Crippen LogP contribution in [0.3, 0.4) is 0 Å². The number of aryl methyl sites for hydroxylation is 1. The van der Waals surface area contributed by atoms with Crippen molar-refractivity contribution in [3.05, 3.63) is 60.5 Å². The average molecular weight is 253 g/mol. The van der Waals surface area contributed by atoms with E-state index in [2.05, 4.69) is 33.6 Å². The third-order valence-corrected chi connectivity index (χ3v) is 3.14. The molecule has 2 aromatic heterocycles. The fourth-order valence-corrected chi connectivity index (χ4v) is 2.15. The molecule has 0 saturated carbocycles. The molecule has 0 bridgehead atoms. The van der Waals surface area contributed by atoms with Crippen LogP contribution in [0.4, 0.5) is 0 Å². The molecule has 4 heteroatoms. The molecule has 0 unspecified atom stereocenters. The summed E-state index contributed by atoms with van der Waals surface area (Å²) in [7, 11) is 0. The molecular weight excluding hydrogens is 238 g/mol. The Morgan fingerprint density at radius 2 is 2.05 bits per heavy atom. The first-order valence-corrected chi connectivity index (χ1v) is 6.35. The van der Waals surface area contributed by atoms with Gasteiger partial charge in [0.15, 0.2) is 12.2 Å². The van der Waals surface area contributed by atoms with Gasteiger partial charge in [-0.3, -0.25) is 0 Å². The maximum absolute atomic E-state index is 5.55. The number of imidazole rings is 1. The largest absolute Gasteiger partial charge is 0.442 e. The summed E-state index contributed by atoms with van der Waals surface area (Å²) in [6, 6.07) is 10.3. The molecule has 3 aromatic rings. The van der Waals surface area contributed by atoms with Crippen LogP contribution < -0.4 is 0 Å². The van der Waals surface area contributed by atoms with Gasteiger partial charge in [0.25, 0.3) is 0 Å². The smallest absolute Gasteiger partial charge is 0.181 e. The first-order chi connectivity index (χ1) is 9.38. The number of aromatic nitrogens is 3. The van der Waals surface area contributed by atoms with E-state index >= 15 is 0 Å². The van der Waals surface area contributed by atoms with Crippen LogP contribution >= 0.6 is 0 Å². The Labute approximate surface area is 111 Å². The molecule has 0 N–H and O–H groups in total. The number of hydrogen-bond acceptors (Lipinski definition) is 3. The Balaban J connectivity index is 1.95. The van der Waals surface area contributed by atoms with Crippen LogP contribution in [-0.4, -0.2) is 14.5 Å². The third-order valence-electron chi connectivity index (χ3n) is 3.14. The third kappa shape index (κ3) is 2.29. The topological polar surface area (TPSA) is 43.9 Å². The fraction of sp³-hybridized carbons (Fsp3) is 0.200. The van der Waals surface area contributed by atoms with E-state index in [1.165, 1.54) is 12.0 Å². The van der Waals surface area contributed by atoms with Gasteiger partial charge in [0, 0.05) is 13.0 Å². The highest BCUT2D eigenvalue weighted by atomic mass is 16.3. The SMILES string of the molecule is CCn1cncc1-c1ocnc1Cc1ccccc1. The van der Waals surface area contributed by atoms with Crippen LogP contribution in [0.25, 0.3) is 11.5 Å².